The van der Waals surface area contributed by atoms with Crippen molar-refractivity contribution >= 4 is 6.29 Å². The van der Waals surface area contributed by atoms with Crippen LogP contribution in [0, 0.1) is 5.41 Å². The first-order valence-electron chi connectivity index (χ1n) is 8.44. The minimum Gasteiger partial charge on any atom is -0.491 e. The van der Waals surface area contributed by atoms with Crippen LogP contribution >= 0.6 is 0 Å². The number of hydrogen-bond acceptors (Lipinski definition) is 5. The Labute approximate surface area is 144 Å². The zero-order valence-corrected chi connectivity index (χ0v) is 14.8. The highest BCUT2D eigenvalue weighted by Gasteiger charge is 2.28. The van der Waals surface area contributed by atoms with Gasteiger partial charge in [0.05, 0.1) is 19.8 Å². The Balaban J connectivity index is 1.81. The molecule has 0 spiro atoms. The lowest BCUT2D eigenvalue weighted by molar-refractivity contribution is -0.224. The predicted molar refractivity (Wildman–Crippen MR) is 91.3 cm³/mol. The molecular weight excluding hydrogens is 308 g/mol. The van der Waals surface area contributed by atoms with E-state index in [1.807, 2.05) is 24.3 Å². The van der Waals surface area contributed by atoms with E-state index in [1.54, 1.807) is 7.11 Å². The zero-order valence-electron chi connectivity index (χ0n) is 14.8. The van der Waals surface area contributed by atoms with Gasteiger partial charge in [0.1, 0.15) is 18.6 Å². The Bertz CT molecular complexity index is 487. The third-order valence-corrected chi connectivity index (χ3v) is 4.06. The van der Waals surface area contributed by atoms with Gasteiger partial charge in [0.15, 0.2) is 6.29 Å². The lowest BCUT2D eigenvalue weighted by atomic mass is 9.94. The summed E-state index contributed by atoms with van der Waals surface area (Å²) in [6.45, 7) is 6.69. The highest BCUT2D eigenvalue weighted by Crippen LogP contribution is 2.28. The first kappa shape index (κ1) is 18.9. The summed E-state index contributed by atoms with van der Waals surface area (Å²) in [7, 11) is 1.64. The minimum atomic E-state index is -0.211. The summed E-state index contributed by atoms with van der Waals surface area (Å²) in [6, 6.07) is 7.65. The Morgan fingerprint density at radius 3 is 2.46 bits per heavy atom. The molecule has 0 saturated carbocycles. The largest absolute Gasteiger partial charge is 0.491 e. The smallest absolute Gasteiger partial charge is 0.157 e. The van der Waals surface area contributed by atoms with Crippen molar-refractivity contribution in [2.75, 3.05) is 33.5 Å². The van der Waals surface area contributed by atoms with Crippen LogP contribution in [0.25, 0.3) is 0 Å². The Morgan fingerprint density at radius 1 is 1.21 bits per heavy atom. The van der Waals surface area contributed by atoms with Gasteiger partial charge in [-0.25, -0.2) is 0 Å². The molecule has 0 amide bonds. The van der Waals surface area contributed by atoms with E-state index in [0.717, 1.165) is 17.6 Å². The van der Waals surface area contributed by atoms with Crippen molar-refractivity contribution in [3.05, 3.63) is 29.8 Å². The van der Waals surface area contributed by atoms with Gasteiger partial charge in [0.25, 0.3) is 0 Å². The van der Waals surface area contributed by atoms with Crippen LogP contribution < -0.4 is 4.74 Å². The fourth-order valence-electron chi connectivity index (χ4n) is 2.58. The average Bonchev–Trinajstić information content (AvgIpc) is 2.58. The molecule has 1 aromatic carbocycles. The summed E-state index contributed by atoms with van der Waals surface area (Å²) in [5.41, 5.74) is 1.05. The molecule has 24 heavy (non-hydrogen) atoms. The first-order valence-corrected chi connectivity index (χ1v) is 8.44. The van der Waals surface area contributed by atoms with Crippen molar-refractivity contribution in [3.63, 3.8) is 0 Å². The molecule has 0 aliphatic carbocycles. The molecule has 5 heteroatoms. The van der Waals surface area contributed by atoms with Crippen molar-refractivity contribution in [1.82, 2.24) is 0 Å². The van der Waals surface area contributed by atoms with Gasteiger partial charge < -0.3 is 23.7 Å². The number of ether oxygens (including phenoxy) is 4. The van der Waals surface area contributed by atoms with Gasteiger partial charge in [-0.05, 0) is 30.5 Å². The number of hydrogen-bond donors (Lipinski definition) is 0. The van der Waals surface area contributed by atoms with Crippen LogP contribution in [0.5, 0.6) is 5.75 Å². The second-order valence-electron chi connectivity index (χ2n) is 6.95. The maximum Gasteiger partial charge on any atom is 0.157 e. The molecule has 0 aromatic heterocycles. The zero-order chi connectivity index (χ0) is 17.4. The number of benzene rings is 1. The number of carbonyl (C=O) groups is 1. The highest BCUT2D eigenvalue weighted by atomic mass is 16.7. The average molecular weight is 336 g/mol. The van der Waals surface area contributed by atoms with Crippen molar-refractivity contribution < 1.29 is 23.7 Å². The van der Waals surface area contributed by atoms with Gasteiger partial charge in [-0.2, -0.15) is 0 Å². The van der Waals surface area contributed by atoms with Crippen LogP contribution in [0.4, 0.5) is 0 Å². The van der Waals surface area contributed by atoms with Gasteiger partial charge in [-0.3, -0.25) is 0 Å². The number of methoxy groups -OCH3 is 1. The molecule has 1 saturated heterocycles. The summed E-state index contributed by atoms with van der Waals surface area (Å²) in [4.78, 5) is 11.4. The summed E-state index contributed by atoms with van der Waals surface area (Å²) in [6.07, 6.45) is 2.20. The molecule has 2 rings (SSSR count). The second kappa shape index (κ2) is 9.16. The maximum atomic E-state index is 11.4. The summed E-state index contributed by atoms with van der Waals surface area (Å²) in [5, 5.41) is 0. The standard InChI is InChI=1S/C19H28O5/c1-19(2)13-23-18(24-14-19)9-6-16(12-20)15-4-7-17(8-5-15)22-11-10-21-3/h4-5,7-8,12,16,18H,6,9-11,13-14H2,1-3H3. The van der Waals surface area contributed by atoms with Crippen molar-refractivity contribution in [2.45, 2.75) is 38.9 Å². The molecule has 1 heterocycles. The Morgan fingerprint density at radius 2 is 1.88 bits per heavy atom. The van der Waals surface area contributed by atoms with Gasteiger partial charge >= 0.3 is 0 Å². The van der Waals surface area contributed by atoms with E-state index in [0.29, 0.717) is 39.3 Å². The fraction of sp³-hybridized carbons (Fsp3) is 0.632. The van der Waals surface area contributed by atoms with E-state index in [9.17, 15) is 4.79 Å². The van der Waals surface area contributed by atoms with Gasteiger partial charge in [-0.15, -0.1) is 0 Å². The van der Waals surface area contributed by atoms with Crippen LogP contribution in [0.1, 0.15) is 38.2 Å². The summed E-state index contributed by atoms with van der Waals surface area (Å²) in [5.74, 6) is 0.627. The number of rotatable bonds is 9. The fourth-order valence-corrected chi connectivity index (χ4v) is 2.58. The van der Waals surface area contributed by atoms with E-state index in [-0.39, 0.29) is 17.6 Å². The summed E-state index contributed by atoms with van der Waals surface area (Å²) >= 11 is 0. The topological polar surface area (TPSA) is 54.0 Å². The number of carbonyl (C=O) groups excluding carboxylic acids is 1. The minimum absolute atomic E-state index is 0.0687. The van der Waals surface area contributed by atoms with Crippen LogP contribution in [-0.4, -0.2) is 46.1 Å². The van der Waals surface area contributed by atoms with Crippen molar-refractivity contribution in [3.8, 4) is 5.75 Å². The molecule has 0 N–H and O–H groups in total. The lowest BCUT2D eigenvalue weighted by Gasteiger charge is -2.34. The molecule has 1 atom stereocenters. The lowest BCUT2D eigenvalue weighted by Crippen LogP contribution is -2.37. The monoisotopic (exact) mass is 336 g/mol. The molecule has 1 aromatic rings. The van der Waals surface area contributed by atoms with Gasteiger partial charge in [0, 0.05) is 18.4 Å². The third kappa shape index (κ3) is 5.89. The van der Waals surface area contributed by atoms with E-state index >= 15 is 0 Å². The molecule has 0 radical (unpaired) electrons. The van der Waals surface area contributed by atoms with Crippen molar-refractivity contribution in [1.29, 1.82) is 0 Å². The molecule has 134 valence electrons. The number of aldehydes is 1. The first-order chi connectivity index (χ1) is 11.5. The highest BCUT2D eigenvalue weighted by molar-refractivity contribution is 5.62. The van der Waals surface area contributed by atoms with Crippen molar-refractivity contribution in [2.24, 2.45) is 5.41 Å². The third-order valence-electron chi connectivity index (χ3n) is 4.06. The molecule has 5 nitrogen and oxygen atoms in total. The quantitative estimate of drug-likeness (QED) is 0.512. The molecule has 1 aliphatic rings. The predicted octanol–water partition coefficient (Wildman–Crippen LogP) is 3.17. The second-order valence-corrected chi connectivity index (χ2v) is 6.95. The molecule has 0 bridgehead atoms. The Hall–Kier alpha value is -1.43. The Kier molecular flexibility index (Phi) is 7.21. The molecular formula is C19H28O5. The van der Waals surface area contributed by atoms with Crippen LogP contribution in [-0.2, 0) is 19.0 Å². The van der Waals surface area contributed by atoms with Gasteiger partial charge in [-0.1, -0.05) is 26.0 Å². The normalized spacial score (nSPS) is 19.0. The molecule has 1 aliphatic heterocycles. The molecule has 1 unspecified atom stereocenters. The van der Waals surface area contributed by atoms with Crippen LogP contribution in [0.2, 0.25) is 0 Å². The van der Waals surface area contributed by atoms with Crippen LogP contribution in [0.3, 0.4) is 0 Å². The van der Waals surface area contributed by atoms with E-state index in [4.69, 9.17) is 18.9 Å². The SMILES string of the molecule is COCCOc1ccc(C(C=O)CCC2OCC(C)(C)CO2)cc1. The van der Waals surface area contributed by atoms with E-state index < -0.39 is 0 Å². The molecule has 1 fully saturated rings. The summed E-state index contributed by atoms with van der Waals surface area (Å²) < 4.78 is 21.9. The maximum absolute atomic E-state index is 11.4. The van der Waals surface area contributed by atoms with E-state index in [1.165, 1.54) is 0 Å². The van der Waals surface area contributed by atoms with Gasteiger partial charge in [0.2, 0.25) is 0 Å². The van der Waals surface area contributed by atoms with E-state index in [2.05, 4.69) is 13.8 Å². The van der Waals surface area contributed by atoms with Crippen LogP contribution in [0.15, 0.2) is 24.3 Å².